The quantitative estimate of drug-likeness (QED) is 0.684. The maximum Gasteiger partial charge on any atom is 0.258 e. The number of nitrogens with zero attached hydrogens (tertiary/aromatic N) is 1. The normalized spacial score (nSPS) is 13.7. The molecule has 2 aromatic rings. The third-order valence-corrected chi connectivity index (χ3v) is 5.91. The summed E-state index contributed by atoms with van der Waals surface area (Å²) in [6.07, 6.45) is 3.60. The zero-order valence-electron chi connectivity index (χ0n) is 17.1. The maximum atomic E-state index is 13.2. The highest BCUT2D eigenvalue weighted by molar-refractivity contribution is 7.90. The molecule has 0 radical (unpaired) electrons. The van der Waals surface area contributed by atoms with Crippen molar-refractivity contribution in [2.24, 2.45) is 0 Å². The Labute approximate surface area is 172 Å². The highest BCUT2D eigenvalue weighted by atomic mass is 32.2. The smallest absolute Gasteiger partial charge is 0.258 e. The summed E-state index contributed by atoms with van der Waals surface area (Å²) in [5.41, 5.74) is 2.15. The Balaban J connectivity index is 1.92. The summed E-state index contributed by atoms with van der Waals surface area (Å²) >= 11 is 0. The fourth-order valence-corrected chi connectivity index (χ4v) is 4.08. The monoisotopic (exact) mass is 417 g/mol. The van der Waals surface area contributed by atoms with Gasteiger partial charge in [0.25, 0.3) is 5.91 Å². The zero-order chi connectivity index (χ0) is 21.0. The minimum Gasteiger partial charge on any atom is -0.490 e. The minimum absolute atomic E-state index is 0.138. The molecule has 0 aromatic heterocycles. The predicted octanol–water partition coefficient (Wildman–Crippen LogP) is 3.87. The number of hydrogen-bond acceptors (Lipinski definition) is 5. The Hall–Kier alpha value is -2.54. The number of hydrogen-bond donors (Lipinski definition) is 0. The van der Waals surface area contributed by atoms with Crippen molar-refractivity contribution in [1.82, 2.24) is 0 Å². The molecule has 0 fully saturated rings. The lowest BCUT2D eigenvalue weighted by atomic mass is 10.0. The second kappa shape index (κ2) is 8.86. The first-order valence-corrected chi connectivity index (χ1v) is 11.8. The van der Waals surface area contributed by atoms with Gasteiger partial charge in [-0.2, -0.15) is 0 Å². The Morgan fingerprint density at radius 2 is 1.86 bits per heavy atom. The van der Waals surface area contributed by atoms with Crippen LogP contribution in [0.25, 0.3) is 0 Å². The van der Waals surface area contributed by atoms with Gasteiger partial charge in [0.15, 0.2) is 21.3 Å². The molecule has 0 unspecified atom stereocenters. The topological polar surface area (TPSA) is 72.9 Å². The molecule has 0 N–H and O–H groups in total. The largest absolute Gasteiger partial charge is 0.490 e. The van der Waals surface area contributed by atoms with Gasteiger partial charge < -0.3 is 14.4 Å². The predicted molar refractivity (Wildman–Crippen MR) is 113 cm³/mol. The van der Waals surface area contributed by atoms with E-state index in [1.807, 2.05) is 13.8 Å². The van der Waals surface area contributed by atoms with E-state index in [9.17, 15) is 13.2 Å². The summed E-state index contributed by atoms with van der Waals surface area (Å²) in [5.74, 6) is 1.04. The molecule has 0 aliphatic carbocycles. The molecule has 0 saturated heterocycles. The summed E-state index contributed by atoms with van der Waals surface area (Å²) in [4.78, 5) is 15.2. The number of rotatable bonds is 7. The SMILES string of the molecule is CCCOc1ccc(C(=O)N2CCCc3cc(S(C)(=O)=O)ccc32)cc1OCC. The molecular weight excluding hydrogens is 390 g/mol. The molecule has 0 saturated carbocycles. The maximum absolute atomic E-state index is 13.2. The summed E-state index contributed by atoms with van der Waals surface area (Å²) < 4.78 is 35.1. The fraction of sp³-hybridized carbons (Fsp3) is 0.409. The number of fused-ring (bicyclic) bond motifs is 1. The molecule has 0 spiro atoms. The molecule has 1 aliphatic rings. The Bertz CT molecular complexity index is 1000. The van der Waals surface area contributed by atoms with E-state index in [1.165, 1.54) is 6.26 Å². The molecule has 3 rings (SSSR count). The molecule has 0 atom stereocenters. The van der Waals surface area contributed by atoms with Gasteiger partial charge in [-0.3, -0.25) is 4.79 Å². The Kier molecular flexibility index (Phi) is 6.47. The van der Waals surface area contributed by atoms with Crippen molar-refractivity contribution >= 4 is 21.4 Å². The molecular formula is C22H27NO5S. The van der Waals surface area contributed by atoms with Crippen molar-refractivity contribution in [3.05, 3.63) is 47.5 Å². The summed E-state index contributed by atoms with van der Waals surface area (Å²) in [5, 5.41) is 0. The average Bonchev–Trinajstić information content (AvgIpc) is 2.71. The molecule has 7 heteroatoms. The number of sulfone groups is 1. The Morgan fingerprint density at radius 3 is 2.55 bits per heavy atom. The number of anilines is 1. The molecule has 156 valence electrons. The van der Waals surface area contributed by atoms with Crippen molar-refractivity contribution in [2.45, 2.75) is 38.0 Å². The van der Waals surface area contributed by atoms with Crippen molar-refractivity contribution in [3.8, 4) is 11.5 Å². The van der Waals surface area contributed by atoms with Gasteiger partial charge in [0, 0.05) is 24.1 Å². The number of carbonyl (C=O) groups is 1. The van der Waals surface area contributed by atoms with Gasteiger partial charge >= 0.3 is 0 Å². The van der Waals surface area contributed by atoms with E-state index in [4.69, 9.17) is 9.47 Å². The number of amides is 1. The number of carbonyl (C=O) groups excluding carboxylic acids is 1. The standard InChI is InChI=1S/C22H27NO5S/c1-4-13-28-20-11-8-17(15-21(20)27-5-2)22(24)23-12-6-7-16-14-18(29(3,25)26)9-10-19(16)23/h8-11,14-15H,4-7,12-13H2,1-3H3. The average molecular weight is 418 g/mol. The van der Waals surface area contributed by atoms with E-state index in [0.29, 0.717) is 36.8 Å². The van der Waals surface area contributed by atoms with Crippen molar-refractivity contribution in [2.75, 3.05) is 30.9 Å². The summed E-state index contributed by atoms with van der Waals surface area (Å²) in [7, 11) is -3.28. The lowest BCUT2D eigenvalue weighted by Crippen LogP contribution is -2.35. The lowest BCUT2D eigenvalue weighted by Gasteiger charge is -2.30. The van der Waals surface area contributed by atoms with Crippen LogP contribution in [0.5, 0.6) is 11.5 Å². The van der Waals surface area contributed by atoms with Crippen LogP contribution in [0.15, 0.2) is 41.3 Å². The molecule has 0 bridgehead atoms. The first-order valence-electron chi connectivity index (χ1n) is 9.89. The Morgan fingerprint density at radius 1 is 1.07 bits per heavy atom. The van der Waals surface area contributed by atoms with Gasteiger partial charge in [-0.05, 0) is 68.1 Å². The van der Waals surface area contributed by atoms with E-state index in [1.54, 1.807) is 41.3 Å². The van der Waals surface area contributed by atoms with Gasteiger partial charge in [0.05, 0.1) is 18.1 Å². The second-order valence-corrected chi connectivity index (χ2v) is 9.08. The van der Waals surface area contributed by atoms with Gasteiger partial charge in [-0.1, -0.05) is 6.92 Å². The van der Waals surface area contributed by atoms with Crippen LogP contribution in [0.1, 0.15) is 42.6 Å². The third-order valence-electron chi connectivity index (χ3n) is 4.80. The molecule has 29 heavy (non-hydrogen) atoms. The van der Waals surface area contributed by atoms with Crippen LogP contribution >= 0.6 is 0 Å². The van der Waals surface area contributed by atoms with Crippen LogP contribution in [0.3, 0.4) is 0 Å². The zero-order valence-corrected chi connectivity index (χ0v) is 17.9. The molecule has 1 heterocycles. The number of benzene rings is 2. The first-order chi connectivity index (χ1) is 13.8. The molecule has 1 aliphatic heterocycles. The van der Waals surface area contributed by atoms with Crippen molar-refractivity contribution in [3.63, 3.8) is 0 Å². The van der Waals surface area contributed by atoms with Crippen LogP contribution in [-0.2, 0) is 16.3 Å². The minimum atomic E-state index is -3.28. The lowest BCUT2D eigenvalue weighted by molar-refractivity contribution is 0.0984. The fourth-order valence-electron chi connectivity index (χ4n) is 3.41. The van der Waals surface area contributed by atoms with E-state index < -0.39 is 9.84 Å². The van der Waals surface area contributed by atoms with E-state index in [-0.39, 0.29) is 10.8 Å². The molecule has 1 amide bonds. The van der Waals surface area contributed by atoms with Gasteiger partial charge in [-0.25, -0.2) is 8.42 Å². The van der Waals surface area contributed by atoms with Crippen LogP contribution in [-0.4, -0.2) is 40.3 Å². The highest BCUT2D eigenvalue weighted by Crippen LogP contribution is 2.33. The first kappa shape index (κ1) is 21.2. The summed E-state index contributed by atoms with van der Waals surface area (Å²) in [6, 6.07) is 10.2. The van der Waals surface area contributed by atoms with Crippen LogP contribution < -0.4 is 14.4 Å². The second-order valence-electron chi connectivity index (χ2n) is 7.07. The van der Waals surface area contributed by atoms with Gasteiger partial charge in [0.1, 0.15) is 0 Å². The highest BCUT2D eigenvalue weighted by Gasteiger charge is 2.25. The third kappa shape index (κ3) is 4.72. The van der Waals surface area contributed by atoms with Crippen LogP contribution in [0, 0.1) is 0 Å². The van der Waals surface area contributed by atoms with E-state index in [0.717, 1.165) is 30.5 Å². The molecule has 6 nitrogen and oxygen atoms in total. The number of aryl methyl sites for hydroxylation is 1. The van der Waals surface area contributed by atoms with E-state index >= 15 is 0 Å². The van der Waals surface area contributed by atoms with Gasteiger partial charge in [0.2, 0.25) is 0 Å². The van der Waals surface area contributed by atoms with Gasteiger partial charge in [-0.15, -0.1) is 0 Å². The van der Waals surface area contributed by atoms with Crippen LogP contribution in [0.2, 0.25) is 0 Å². The van der Waals surface area contributed by atoms with E-state index in [2.05, 4.69) is 0 Å². The van der Waals surface area contributed by atoms with Crippen molar-refractivity contribution < 1.29 is 22.7 Å². The summed E-state index contributed by atoms with van der Waals surface area (Å²) in [6.45, 7) is 5.55. The molecule has 2 aromatic carbocycles. The number of ether oxygens (including phenoxy) is 2. The van der Waals surface area contributed by atoms with Crippen molar-refractivity contribution in [1.29, 1.82) is 0 Å². The van der Waals surface area contributed by atoms with Crippen LogP contribution in [0.4, 0.5) is 5.69 Å².